The van der Waals surface area contributed by atoms with Crippen LogP contribution in [0.3, 0.4) is 0 Å². The number of hydrogen-bond acceptors (Lipinski definition) is 7. The Morgan fingerprint density at radius 1 is 1.16 bits per heavy atom. The van der Waals surface area contributed by atoms with Gasteiger partial charge in [0.05, 0.1) is 23.1 Å². The van der Waals surface area contributed by atoms with Gasteiger partial charge in [-0.15, -0.1) is 11.3 Å². The molecule has 0 radical (unpaired) electrons. The summed E-state index contributed by atoms with van der Waals surface area (Å²) < 4.78 is 15.8. The van der Waals surface area contributed by atoms with Gasteiger partial charge < -0.3 is 24.8 Å². The summed E-state index contributed by atoms with van der Waals surface area (Å²) in [6.45, 7) is 5.78. The van der Waals surface area contributed by atoms with Crippen LogP contribution in [0.4, 0.5) is 4.79 Å². The van der Waals surface area contributed by atoms with E-state index in [0.717, 1.165) is 16.0 Å². The number of halogens is 1. The molecule has 1 heterocycles. The van der Waals surface area contributed by atoms with Crippen molar-refractivity contribution in [1.82, 2.24) is 10.6 Å². The van der Waals surface area contributed by atoms with E-state index in [1.165, 1.54) is 18.4 Å². The maximum Gasteiger partial charge on any atom is 0.351 e. The molecule has 0 atom stereocenters. The highest BCUT2D eigenvalue weighted by Crippen LogP contribution is 2.45. The van der Waals surface area contributed by atoms with E-state index < -0.39 is 11.9 Å². The lowest BCUT2D eigenvalue weighted by Gasteiger charge is -2.10. The molecule has 0 fully saturated rings. The van der Waals surface area contributed by atoms with E-state index in [1.54, 1.807) is 6.92 Å². The van der Waals surface area contributed by atoms with E-state index in [0.29, 0.717) is 11.0 Å². The molecule has 31 heavy (non-hydrogen) atoms. The van der Waals surface area contributed by atoms with Gasteiger partial charge in [-0.25, -0.2) is 14.4 Å². The van der Waals surface area contributed by atoms with E-state index >= 15 is 0 Å². The second-order valence-corrected chi connectivity index (χ2v) is 8.48. The van der Waals surface area contributed by atoms with Crippen molar-refractivity contribution in [3.63, 3.8) is 0 Å². The zero-order valence-electron chi connectivity index (χ0n) is 17.7. The number of hydrogen-bond donors (Lipinski definition) is 2. The molecule has 0 bridgehead atoms. The average molecular weight is 513 g/mol. The average Bonchev–Trinajstić information content (AvgIpc) is 3.06. The van der Waals surface area contributed by atoms with Crippen molar-refractivity contribution in [3.8, 4) is 16.2 Å². The Hall–Kier alpha value is -2.59. The molecular formula is C21H25BrN2O6S. The Labute approximate surface area is 193 Å². The molecule has 1 aromatic heterocycles. The molecule has 1 aromatic carbocycles. The van der Waals surface area contributed by atoms with Gasteiger partial charge >= 0.3 is 18.0 Å². The van der Waals surface area contributed by atoms with Gasteiger partial charge in [0.15, 0.2) is 17.2 Å². The molecule has 0 aliphatic heterocycles. The number of carbonyl (C=O) groups excluding carboxylic acids is 3. The summed E-state index contributed by atoms with van der Waals surface area (Å²) >= 11 is 4.67. The first-order valence-electron chi connectivity index (χ1n) is 9.59. The first-order valence-corrected chi connectivity index (χ1v) is 11.2. The maximum absolute atomic E-state index is 12.2. The SMILES string of the molecule is CCOC(=O)COc1c(C(=O)OC)sc(-c2ccc(CNC(=O)NC(C)C)cc2)c1Br. The summed E-state index contributed by atoms with van der Waals surface area (Å²) in [6.07, 6.45) is 0. The molecule has 2 aromatic rings. The number of rotatable bonds is 9. The quantitative estimate of drug-likeness (QED) is 0.490. The highest BCUT2D eigenvalue weighted by atomic mass is 79.9. The number of carbonyl (C=O) groups is 3. The van der Waals surface area contributed by atoms with Crippen molar-refractivity contribution < 1.29 is 28.6 Å². The third-order valence-corrected chi connectivity index (χ3v) is 6.13. The summed E-state index contributed by atoms with van der Waals surface area (Å²) in [5.41, 5.74) is 1.76. The Morgan fingerprint density at radius 2 is 1.84 bits per heavy atom. The van der Waals surface area contributed by atoms with Crippen LogP contribution in [0.2, 0.25) is 0 Å². The summed E-state index contributed by atoms with van der Waals surface area (Å²) in [6, 6.07) is 7.35. The molecule has 0 unspecified atom stereocenters. The number of methoxy groups -OCH3 is 1. The topological polar surface area (TPSA) is 103 Å². The number of ether oxygens (including phenoxy) is 3. The number of amides is 2. The first kappa shape index (κ1) is 24.7. The minimum Gasteiger partial charge on any atom is -0.479 e. The van der Waals surface area contributed by atoms with Crippen LogP contribution >= 0.6 is 27.3 Å². The molecule has 168 valence electrons. The molecule has 2 amide bonds. The van der Waals surface area contributed by atoms with Crippen LogP contribution in [0.15, 0.2) is 28.7 Å². The van der Waals surface area contributed by atoms with E-state index in [2.05, 4.69) is 26.6 Å². The Bertz CT molecular complexity index is 927. The van der Waals surface area contributed by atoms with Gasteiger partial charge in [-0.3, -0.25) is 0 Å². The van der Waals surface area contributed by atoms with Gasteiger partial charge in [-0.2, -0.15) is 0 Å². The lowest BCUT2D eigenvalue weighted by Crippen LogP contribution is -2.38. The van der Waals surface area contributed by atoms with E-state index in [9.17, 15) is 14.4 Å². The molecule has 2 N–H and O–H groups in total. The molecule has 0 aliphatic rings. The molecule has 0 saturated heterocycles. The number of urea groups is 1. The summed E-state index contributed by atoms with van der Waals surface area (Å²) in [5.74, 6) is -0.861. The molecule has 0 aliphatic carbocycles. The Balaban J connectivity index is 2.20. The summed E-state index contributed by atoms with van der Waals surface area (Å²) in [5, 5.41) is 5.56. The van der Waals surface area contributed by atoms with E-state index in [-0.39, 0.29) is 35.9 Å². The van der Waals surface area contributed by atoms with Crippen molar-refractivity contribution in [1.29, 1.82) is 0 Å². The standard InChI is InChI=1S/C21H25BrN2O6S/c1-5-29-15(25)11-30-17-16(22)18(31-19(17)20(26)28-4)14-8-6-13(7-9-14)10-23-21(27)24-12(2)3/h6-9,12H,5,10-11H2,1-4H3,(H2,23,24,27). The fourth-order valence-electron chi connectivity index (χ4n) is 2.54. The van der Waals surface area contributed by atoms with Gasteiger partial charge in [-0.1, -0.05) is 24.3 Å². The molecule has 0 spiro atoms. The van der Waals surface area contributed by atoms with Crippen LogP contribution in [-0.4, -0.2) is 44.3 Å². The van der Waals surface area contributed by atoms with Gasteiger partial charge in [-0.05, 0) is 47.8 Å². The zero-order chi connectivity index (χ0) is 23.0. The minimum atomic E-state index is -0.562. The zero-order valence-corrected chi connectivity index (χ0v) is 20.1. The van der Waals surface area contributed by atoms with Crippen molar-refractivity contribution in [3.05, 3.63) is 39.2 Å². The van der Waals surface area contributed by atoms with Crippen LogP contribution in [0.25, 0.3) is 10.4 Å². The summed E-state index contributed by atoms with van der Waals surface area (Å²) in [4.78, 5) is 36.6. The number of esters is 2. The fraction of sp³-hybridized carbons (Fsp3) is 0.381. The van der Waals surface area contributed by atoms with Crippen molar-refractivity contribution >= 4 is 45.2 Å². The van der Waals surface area contributed by atoms with Crippen LogP contribution in [0, 0.1) is 0 Å². The highest BCUT2D eigenvalue weighted by Gasteiger charge is 2.25. The number of nitrogens with one attached hydrogen (secondary N) is 2. The first-order chi connectivity index (χ1) is 14.8. The van der Waals surface area contributed by atoms with Crippen LogP contribution in [0.1, 0.15) is 36.0 Å². The lowest BCUT2D eigenvalue weighted by atomic mass is 10.1. The number of benzene rings is 1. The van der Waals surface area contributed by atoms with Gasteiger partial charge in [0.1, 0.15) is 0 Å². The molecular weight excluding hydrogens is 488 g/mol. The van der Waals surface area contributed by atoms with Crippen molar-refractivity contribution in [2.75, 3.05) is 20.3 Å². The normalized spacial score (nSPS) is 10.5. The smallest absolute Gasteiger partial charge is 0.351 e. The monoisotopic (exact) mass is 512 g/mol. The number of thiophene rings is 1. The highest BCUT2D eigenvalue weighted by molar-refractivity contribution is 9.10. The maximum atomic E-state index is 12.2. The lowest BCUT2D eigenvalue weighted by molar-refractivity contribution is -0.145. The molecule has 2 rings (SSSR count). The predicted molar refractivity (Wildman–Crippen MR) is 121 cm³/mol. The van der Waals surface area contributed by atoms with Crippen molar-refractivity contribution in [2.45, 2.75) is 33.4 Å². The summed E-state index contributed by atoms with van der Waals surface area (Å²) in [7, 11) is 1.28. The minimum absolute atomic E-state index is 0.0582. The van der Waals surface area contributed by atoms with Gasteiger partial charge in [0.25, 0.3) is 0 Å². The van der Waals surface area contributed by atoms with Gasteiger partial charge in [0.2, 0.25) is 0 Å². The van der Waals surface area contributed by atoms with Crippen LogP contribution in [0.5, 0.6) is 5.75 Å². The largest absolute Gasteiger partial charge is 0.479 e. The molecule has 10 heteroatoms. The molecule has 0 saturated carbocycles. The van der Waals surface area contributed by atoms with E-state index in [4.69, 9.17) is 14.2 Å². The second-order valence-electron chi connectivity index (χ2n) is 6.67. The van der Waals surface area contributed by atoms with E-state index in [1.807, 2.05) is 38.1 Å². The fourth-order valence-corrected chi connectivity index (χ4v) is 4.52. The Kier molecular flexibility index (Phi) is 9.32. The van der Waals surface area contributed by atoms with Crippen molar-refractivity contribution in [2.24, 2.45) is 0 Å². The van der Waals surface area contributed by atoms with Crippen LogP contribution in [-0.2, 0) is 20.8 Å². The van der Waals surface area contributed by atoms with Gasteiger partial charge in [0, 0.05) is 12.6 Å². The predicted octanol–water partition coefficient (Wildman–Crippen LogP) is 4.11. The third-order valence-electron chi connectivity index (χ3n) is 3.91. The van der Waals surface area contributed by atoms with Crippen LogP contribution < -0.4 is 15.4 Å². The Morgan fingerprint density at radius 3 is 2.42 bits per heavy atom. The molecule has 8 nitrogen and oxygen atoms in total. The third kappa shape index (κ3) is 6.96. The second kappa shape index (κ2) is 11.7.